The van der Waals surface area contributed by atoms with E-state index in [0.717, 1.165) is 5.75 Å². The Hall–Kier alpha value is -0.0200. The van der Waals surface area contributed by atoms with Crippen molar-refractivity contribution in [1.29, 1.82) is 0 Å². The maximum absolute atomic E-state index is 4.62. The lowest BCUT2D eigenvalue weighted by molar-refractivity contribution is 0.572. The van der Waals surface area contributed by atoms with E-state index in [1.807, 2.05) is 11.8 Å². The van der Waals surface area contributed by atoms with Crippen molar-refractivity contribution in [3.8, 4) is 0 Å². The molecule has 0 bridgehead atoms. The number of nitrogens with zero attached hydrogens (tertiary/aromatic N) is 1. The molecule has 0 N–H and O–H groups in total. The molecule has 0 radical (unpaired) electrons. The Labute approximate surface area is 89.0 Å². The number of thiazole rings is 1. The quantitative estimate of drug-likeness (QED) is 0.762. The van der Waals surface area contributed by atoms with E-state index < -0.39 is 0 Å². The highest BCUT2D eigenvalue weighted by atomic mass is 32.2. The molecule has 1 heterocycles. The lowest BCUT2D eigenvalue weighted by atomic mass is 9.93. The molecule has 74 valence electrons. The van der Waals surface area contributed by atoms with Gasteiger partial charge in [-0.2, -0.15) is 11.8 Å². The van der Waals surface area contributed by atoms with Gasteiger partial charge in [0.05, 0.1) is 5.69 Å². The summed E-state index contributed by atoms with van der Waals surface area (Å²) in [5.74, 6) is 2.24. The van der Waals surface area contributed by atoms with Crippen molar-refractivity contribution in [2.24, 2.45) is 0 Å². The van der Waals surface area contributed by atoms with Crippen LogP contribution >= 0.6 is 23.1 Å². The third kappa shape index (κ3) is 3.31. The van der Waals surface area contributed by atoms with Gasteiger partial charge in [0.25, 0.3) is 0 Å². The summed E-state index contributed by atoms with van der Waals surface area (Å²) in [4.78, 5) is 4.62. The summed E-state index contributed by atoms with van der Waals surface area (Å²) < 4.78 is 0. The Morgan fingerprint density at radius 2 is 2.15 bits per heavy atom. The third-order valence-electron chi connectivity index (χ3n) is 1.75. The van der Waals surface area contributed by atoms with Crippen LogP contribution in [0.2, 0.25) is 0 Å². The molecular formula is C10H17NS2. The largest absolute Gasteiger partial charge is 0.245 e. The Bertz CT molecular complexity index is 260. The molecule has 0 fully saturated rings. The molecular weight excluding hydrogens is 198 g/mol. The Morgan fingerprint density at radius 1 is 1.46 bits per heavy atom. The third-order valence-corrected chi connectivity index (χ3v) is 3.67. The minimum absolute atomic E-state index is 0.200. The van der Waals surface area contributed by atoms with Gasteiger partial charge < -0.3 is 0 Å². The van der Waals surface area contributed by atoms with E-state index in [1.54, 1.807) is 11.3 Å². The average molecular weight is 215 g/mol. The van der Waals surface area contributed by atoms with E-state index in [4.69, 9.17) is 0 Å². The predicted octanol–water partition coefficient (Wildman–Crippen LogP) is 3.69. The van der Waals surface area contributed by atoms with Crippen molar-refractivity contribution in [3.05, 3.63) is 16.1 Å². The molecule has 0 aromatic carbocycles. The van der Waals surface area contributed by atoms with Crippen molar-refractivity contribution >= 4 is 23.1 Å². The fourth-order valence-electron chi connectivity index (χ4n) is 0.911. The van der Waals surface area contributed by atoms with Gasteiger partial charge >= 0.3 is 0 Å². The van der Waals surface area contributed by atoms with E-state index in [0.29, 0.717) is 0 Å². The highest BCUT2D eigenvalue weighted by Gasteiger charge is 2.16. The lowest BCUT2D eigenvalue weighted by Gasteiger charge is -2.14. The first-order chi connectivity index (χ1) is 6.04. The minimum Gasteiger partial charge on any atom is -0.245 e. The van der Waals surface area contributed by atoms with E-state index >= 15 is 0 Å². The van der Waals surface area contributed by atoms with E-state index in [2.05, 4.69) is 38.1 Å². The molecule has 3 heteroatoms. The molecule has 1 rings (SSSR count). The smallest absolute Gasteiger partial charge is 0.103 e. The fourth-order valence-corrected chi connectivity index (χ4v) is 2.68. The zero-order chi connectivity index (χ0) is 9.90. The van der Waals surface area contributed by atoms with Gasteiger partial charge in [-0.1, -0.05) is 27.7 Å². The highest BCUT2D eigenvalue weighted by Crippen LogP contribution is 2.25. The normalized spacial score (nSPS) is 12.0. The van der Waals surface area contributed by atoms with E-state index in [9.17, 15) is 0 Å². The van der Waals surface area contributed by atoms with E-state index in [1.165, 1.54) is 16.5 Å². The van der Waals surface area contributed by atoms with Gasteiger partial charge in [-0.3, -0.25) is 0 Å². The van der Waals surface area contributed by atoms with Gasteiger partial charge in [0, 0.05) is 16.5 Å². The topological polar surface area (TPSA) is 12.9 Å². The number of rotatable bonds is 3. The summed E-state index contributed by atoms with van der Waals surface area (Å²) in [7, 11) is 0. The van der Waals surface area contributed by atoms with Crippen LogP contribution in [-0.2, 0) is 11.2 Å². The van der Waals surface area contributed by atoms with Crippen molar-refractivity contribution < 1.29 is 0 Å². The molecule has 0 aliphatic heterocycles. The maximum atomic E-state index is 4.62. The maximum Gasteiger partial charge on any atom is 0.103 e. The van der Waals surface area contributed by atoms with E-state index in [-0.39, 0.29) is 5.41 Å². The minimum atomic E-state index is 0.200. The number of hydrogen-bond acceptors (Lipinski definition) is 3. The first-order valence-corrected chi connectivity index (χ1v) is 6.60. The summed E-state index contributed by atoms with van der Waals surface area (Å²) in [6.07, 6.45) is 0. The van der Waals surface area contributed by atoms with Crippen LogP contribution in [0, 0.1) is 0 Å². The predicted molar refractivity (Wildman–Crippen MR) is 62.7 cm³/mol. The summed E-state index contributed by atoms with van der Waals surface area (Å²) in [5.41, 5.74) is 1.43. The van der Waals surface area contributed by atoms with Crippen molar-refractivity contribution in [1.82, 2.24) is 4.98 Å². The second-order valence-electron chi connectivity index (χ2n) is 4.01. The number of thioether (sulfide) groups is 1. The number of hydrogen-bond donors (Lipinski definition) is 0. The molecule has 1 aromatic rings. The van der Waals surface area contributed by atoms with Gasteiger partial charge in [0.2, 0.25) is 0 Å². The molecule has 0 unspecified atom stereocenters. The molecule has 0 amide bonds. The van der Waals surface area contributed by atoms with Crippen LogP contribution in [0.3, 0.4) is 0 Å². The van der Waals surface area contributed by atoms with Crippen LogP contribution in [0.15, 0.2) is 5.38 Å². The van der Waals surface area contributed by atoms with Gasteiger partial charge in [0.1, 0.15) is 5.01 Å². The van der Waals surface area contributed by atoms with Crippen LogP contribution in [0.1, 0.15) is 38.4 Å². The molecule has 0 saturated heterocycles. The average Bonchev–Trinajstić information content (AvgIpc) is 2.47. The van der Waals surface area contributed by atoms with Crippen molar-refractivity contribution in [2.45, 2.75) is 38.9 Å². The Morgan fingerprint density at radius 3 is 2.62 bits per heavy atom. The monoisotopic (exact) mass is 215 g/mol. The molecule has 0 spiro atoms. The van der Waals surface area contributed by atoms with Crippen molar-refractivity contribution in [2.75, 3.05) is 5.75 Å². The molecule has 0 saturated carbocycles. The first-order valence-electron chi connectivity index (χ1n) is 4.56. The first kappa shape index (κ1) is 11.1. The molecule has 0 aliphatic carbocycles. The van der Waals surface area contributed by atoms with Crippen LogP contribution in [0.4, 0.5) is 0 Å². The number of aromatic nitrogens is 1. The fraction of sp³-hybridized carbons (Fsp3) is 0.700. The molecule has 0 aliphatic rings. The summed E-state index contributed by atoms with van der Waals surface area (Å²) >= 11 is 3.72. The van der Waals surface area contributed by atoms with Crippen molar-refractivity contribution in [3.63, 3.8) is 0 Å². The molecule has 0 atom stereocenters. The second kappa shape index (κ2) is 4.47. The second-order valence-corrected chi connectivity index (χ2v) is 6.23. The lowest BCUT2D eigenvalue weighted by Crippen LogP contribution is -2.11. The van der Waals surface area contributed by atoms with Crippen LogP contribution in [0.25, 0.3) is 0 Å². The summed E-state index contributed by atoms with van der Waals surface area (Å²) in [5, 5.41) is 3.45. The van der Waals surface area contributed by atoms with Crippen LogP contribution in [-0.4, -0.2) is 10.7 Å². The molecule has 13 heavy (non-hydrogen) atoms. The van der Waals surface area contributed by atoms with Gasteiger partial charge in [0.15, 0.2) is 0 Å². The Balaban J connectivity index is 2.64. The van der Waals surface area contributed by atoms with Crippen LogP contribution in [0.5, 0.6) is 0 Å². The molecule has 1 nitrogen and oxygen atoms in total. The SMILES string of the molecule is CCSCc1nc(C(C)(C)C)cs1. The van der Waals surface area contributed by atoms with Crippen LogP contribution < -0.4 is 0 Å². The van der Waals surface area contributed by atoms with Gasteiger partial charge in [-0.25, -0.2) is 4.98 Å². The Kier molecular flexibility index (Phi) is 3.80. The zero-order valence-corrected chi connectivity index (χ0v) is 10.4. The zero-order valence-electron chi connectivity index (χ0n) is 8.76. The summed E-state index contributed by atoms with van der Waals surface area (Å²) in [6, 6.07) is 0. The molecule has 1 aromatic heterocycles. The standard InChI is InChI=1S/C10H17NS2/c1-5-12-7-9-11-8(6-13-9)10(2,3)4/h6H,5,7H2,1-4H3. The van der Waals surface area contributed by atoms with Gasteiger partial charge in [-0.05, 0) is 5.75 Å². The highest BCUT2D eigenvalue weighted by molar-refractivity contribution is 7.98. The summed E-state index contributed by atoms with van der Waals surface area (Å²) in [6.45, 7) is 8.80. The van der Waals surface area contributed by atoms with Gasteiger partial charge in [-0.15, -0.1) is 11.3 Å².